The predicted molar refractivity (Wildman–Crippen MR) is 62.3 cm³/mol. The van der Waals surface area contributed by atoms with E-state index in [9.17, 15) is 0 Å². The summed E-state index contributed by atoms with van der Waals surface area (Å²) in [6.45, 7) is 0.467. The molecule has 0 atom stereocenters. The van der Waals surface area contributed by atoms with Crippen molar-refractivity contribution in [3.05, 3.63) is 35.0 Å². The number of rotatable bonds is 3. The van der Waals surface area contributed by atoms with Crippen LogP contribution < -0.4 is 5.32 Å². The van der Waals surface area contributed by atoms with Crippen LogP contribution in [0.2, 0.25) is 5.15 Å². The largest absolute Gasteiger partial charge is 0.363 e. The predicted octanol–water partition coefficient (Wildman–Crippen LogP) is 1.35. The lowest BCUT2D eigenvalue weighted by molar-refractivity contribution is 0.810. The summed E-state index contributed by atoms with van der Waals surface area (Å²) in [5.41, 5.74) is 0.463. The summed E-state index contributed by atoms with van der Waals surface area (Å²) < 4.78 is 1.79. The molecule has 86 valence electrons. The highest BCUT2D eigenvalue weighted by molar-refractivity contribution is 6.29. The van der Waals surface area contributed by atoms with Gasteiger partial charge in [-0.1, -0.05) is 11.6 Å². The van der Waals surface area contributed by atoms with E-state index < -0.39 is 0 Å². The first-order chi connectivity index (χ1) is 8.19. The Morgan fingerprint density at radius 3 is 3.00 bits per heavy atom. The summed E-state index contributed by atoms with van der Waals surface area (Å²) in [7, 11) is 1.85. The lowest BCUT2D eigenvalue weighted by Crippen LogP contribution is -2.07. The summed E-state index contributed by atoms with van der Waals surface area (Å²) in [5, 5.41) is 19.8. The molecule has 0 amide bonds. The van der Waals surface area contributed by atoms with E-state index in [2.05, 4.69) is 20.5 Å². The fourth-order valence-corrected chi connectivity index (χ4v) is 1.50. The van der Waals surface area contributed by atoms with Gasteiger partial charge in [0, 0.05) is 7.05 Å². The van der Waals surface area contributed by atoms with E-state index in [1.165, 1.54) is 6.07 Å². The molecule has 0 bridgehead atoms. The van der Waals surface area contributed by atoms with Gasteiger partial charge in [0.1, 0.15) is 17.3 Å². The summed E-state index contributed by atoms with van der Waals surface area (Å²) in [6, 6.07) is 5.15. The van der Waals surface area contributed by atoms with E-state index >= 15 is 0 Å². The van der Waals surface area contributed by atoms with Crippen molar-refractivity contribution in [2.24, 2.45) is 7.05 Å². The third-order valence-electron chi connectivity index (χ3n) is 2.16. The van der Waals surface area contributed by atoms with Crippen molar-refractivity contribution < 1.29 is 0 Å². The number of aromatic nitrogens is 4. The molecule has 6 nitrogen and oxygen atoms in total. The molecule has 2 heterocycles. The van der Waals surface area contributed by atoms with Crippen LogP contribution in [0, 0.1) is 11.3 Å². The van der Waals surface area contributed by atoms with Gasteiger partial charge >= 0.3 is 0 Å². The zero-order valence-corrected chi connectivity index (χ0v) is 9.81. The van der Waals surface area contributed by atoms with Crippen molar-refractivity contribution in [3.8, 4) is 6.07 Å². The van der Waals surface area contributed by atoms with Gasteiger partial charge in [-0.3, -0.25) is 0 Å². The number of nitrogens with zero attached hydrogens (tertiary/aromatic N) is 5. The van der Waals surface area contributed by atoms with Gasteiger partial charge in [-0.2, -0.15) is 5.26 Å². The maximum atomic E-state index is 8.79. The molecule has 0 saturated carbocycles. The Kier molecular flexibility index (Phi) is 3.21. The minimum Gasteiger partial charge on any atom is -0.363 e. The second-order valence-corrected chi connectivity index (χ2v) is 3.77. The zero-order chi connectivity index (χ0) is 12.3. The molecule has 0 aromatic carbocycles. The van der Waals surface area contributed by atoms with E-state index in [0.717, 1.165) is 5.82 Å². The highest BCUT2D eigenvalue weighted by Gasteiger charge is 2.03. The highest BCUT2D eigenvalue weighted by Crippen LogP contribution is 2.14. The van der Waals surface area contributed by atoms with Crippen LogP contribution in [0.4, 0.5) is 5.82 Å². The van der Waals surface area contributed by atoms with Gasteiger partial charge in [-0.25, -0.2) is 4.98 Å². The lowest BCUT2D eigenvalue weighted by atomic mass is 10.3. The van der Waals surface area contributed by atoms with Crippen LogP contribution in [0.1, 0.15) is 11.4 Å². The van der Waals surface area contributed by atoms with Crippen LogP contribution in [-0.2, 0) is 13.6 Å². The van der Waals surface area contributed by atoms with Crippen LogP contribution in [0.25, 0.3) is 0 Å². The molecule has 2 aromatic heterocycles. The summed E-state index contributed by atoms with van der Waals surface area (Å²) in [6.07, 6.45) is 1.61. The van der Waals surface area contributed by atoms with Gasteiger partial charge in [0.2, 0.25) is 0 Å². The molecule has 0 unspecified atom stereocenters. The van der Waals surface area contributed by atoms with E-state index in [4.69, 9.17) is 16.9 Å². The first kappa shape index (κ1) is 11.4. The van der Waals surface area contributed by atoms with Crippen LogP contribution in [0.5, 0.6) is 0 Å². The summed E-state index contributed by atoms with van der Waals surface area (Å²) in [5.74, 6) is 1.31. The van der Waals surface area contributed by atoms with Crippen molar-refractivity contribution in [3.63, 3.8) is 0 Å². The van der Waals surface area contributed by atoms with Crippen LogP contribution in [0.3, 0.4) is 0 Å². The molecule has 0 radical (unpaired) electrons. The molecular weight excluding hydrogens is 240 g/mol. The Morgan fingerprint density at radius 1 is 1.53 bits per heavy atom. The third-order valence-corrected chi connectivity index (χ3v) is 2.35. The molecule has 0 aliphatic rings. The topological polar surface area (TPSA) is 79.4 Å². The number of pyridine rings is 1. The van der Waals surface area contributed by atoms with Crippen molar-refractivity contribution in [2.45, 2.75) is 6.54 Å². The molecule has 7 heteroatoms. The molecule has 2 aromatic rings. The first-order valence-corrected chi connectivity index (χ1v) is 5.21. The van der Waals surface area contributed by atoms with E-state index in [1.807, 2.05) is 13.1 Å². The van der Waals surface area contributed by atoms with Gasteiger partial charge in [0.15, 0.2) is 5.82 Å². The van der Waals surface area contributed by atoms with Gasteiger partial charge in [0.25, 0.3) is 0 Å². The standard InChI is InChI=1S/C10H9ClN6/c1-17-6-14-16-10(17)5-13-9-3-7(4-12)2-8(11)15-9/h2-3,6H,5H2,1H3,(H,13,15). The molecule has 17 heavy (non-hydrogen) atoms. The number of aryl methyl sites for hydroxylation is 1. The Balaban J connectivity index is 2.12. The fourth-order valence-electron chi connectivity index (χ4n) is 1.29. The monoisotopic (exact) mass is 248 g/mol. The third kappa shape index (κ3) is 2.71. The number of halogens is 1. The molecule has 1 N–H and O–H groups in total. The average Bonchev–Trinajstić information content (AvgIpc) is 2.71. The molecule has 0 spiro atoms. The molecule has 0 aliphatic heterocycles. The number of nitriles is 1. The second-order valence-electron chi connectivity index (χ2n) is 3.39. The van der Waals surface area contributed by atoms with Crippen molar-refractivity contribution in [2.75, 3.05) is 5.32 Å². The van der Waals surface area contributed by atoms with E-state index in [-0.39, 0.29) is 5.15 Å². The Morgan fingerprint density at radius 2 is 2.35 bits per heavy atom. The van der Waals surface area contributed by atoms with Gasteiger partial charge in [0.05, 0.1) is 18.2 Å². The van der Waals surface area contributed by atoms with E-state index in [0.29, 0.717) is 17.9 Å². The van der Waals surface area contributed by atoms with Crippen LogP contribution in [0.15, 0.2) is 18.5 Å². The lowest BCUT2D eigenvalue weighted by Gasteiger charge is -2.05. The van der Waals surface area contributed by atoms with Crippen molar-refractivity contribution in [1.82, 2.24) is 19.7 Å². The fraction of sp³-hybridized carbons (Fsp3) is 0.200. The molecular formula is C10H9ClN6. The number of hydrogen-bond acceptors (Lipinski definition) is 5. The summed E-state index contributed by atoms with van der Waals surface area (Å²) >= 11 is 5.79. The second kappa shape index (κ2) is 4.80. The molecule has 2 rings (SSSR count). The average molecular weight is 249 g/mol. The zero-order valence-electron chi connectivity index (χ0n) is 9.05. The van der Waals surface area contributed by atoms with E-state index in [1.54, 1.807) is 17.0 Å². The number of anilines is 1. The number of hydrogen-bond donors (Lipinski definition) is 1. The van der Waals surface area contributed by atoms with Crippen molar-refractivity contribution >= 4 is 17.4 Å². The first-order valence-electron chi connectivity index (χ1n) is 4.83. The van der Waals surface area contributed by atoms with Gasteiger partial charge in [-0.15, -0.1) is 10.2 Å². The highest BCUT2D eigenvalue weighted by atomic mass is 35.5. The Labute approximate surface area is 103 Å². The molecule has 0 saturated heterocycles. The Bertz CT molecular complexity index is 570. The minimum absolute atomic E-state index is 0.282. The normalized spacial score (nSPS) is 9.94. The Hall–Kier alpha value is -2.13. The van der Waals surface area contributed by atoms with Gasteiger partial charge < -0.3 is 9.88 Å². The smallest absolute Gasteiger partial charge is 0.151 e. The quantitative estimate of drug-likeness (QED) is 0.830. The van der Waals surface area contributed by atoms with Gasteiger partial charge in [-0.05, 0) is 12.1 Å². The SMILES string of the molecule is Cn1cnnc1CNc1cc(C#N)cc(Cl)n1. The van der Waals surface area contributed by atoms with Crippen molar-refractivity contribution in [1.29, 1.82) is 5.26 Å². The number of nitrogens with one attached hydrogen (secondary N) is 1. The van der Waals surface area contributed by atoms with Crippen LogP contribution in [-0.4, -0.2) is 19.7 Å². The maximum Gasteiger partial charge on any atom is 0.151 e. The van der Waals surface area contributed by atoms with Crippen LogP contribution >= 0.6 is 11.6 Å². The maximum absolute atomic E-state index is 8.79. The molecule has 0 aliphatic carbocycles. The molecule has 0 fully saturated rings. The minimum atomic E-state index is 0.282. The summed E-state index contributed by atoms with van der Waals surface area (Å²) in [4.78, 5) is 4.06.